The Morgan fingerprint density at radius 2 is 2.21 bits per heavy atom. The van der Waals surface area contributed by atoms with Gasteiger partial charge >= 0.3 is 0 Å². The van der Waals surface area contributed by atoms with E-state index in [4.69, 9.17) is 4.74 Å². The second-order valence-corrected chi connectivity index (χ2v) is 5.46. The molecule has 0 spiro atoms. The molecule has 1 aromatic rings. The monoisotopic (exact) mass is 265 g/mol. The van der Waals surface area contributed by atoms with E-state index in [9.17, 15) is 5.11 Å². The summed E-state index contributed by atoms with van der Waals surface area (Å²) in [7, 11) is 0. The number of hydrogen-bond donors (Lipinski definition) is 2. The van der Waals surface area contributed by atoms with Crippen molar-refractivity contribution >= 4 is 0 Å². The molecule has 2 rings (SSSR count). The van der Waals surface area contributed by atoms with Gasteiger partial charge in [0.1, 0.15) is 17.5 Å². The number of aromatic nitrogens is 1. The second kappa shape index (κ2) is 6.32. The minimum absolute atomic E-state index is 0.536. The first kappa shape index (κ1) is 14.2. The van der Waals surface area contributed by atoms with Crippen LogP contribution in [0.4, 0.5) is 0 Å². The van der Waals surface area contributed by atoms with Crippen molar-refractivity contribution in [1.82, 2.24) is 15.2 Å². The third-order valence-corrected chi connectivity index (χ3v) is 3.46. The summed E-state index contributed by atoms with van der Waals surface area (Å²) in [5.74, 6) is 0.687. The maximum atomic E-state index is 10.4. The topological polar surface area (TPSA) is 57.6 Å². The zero-order valence-corrected chi connectivity index (χ0v) is 11.7. The second-order valence-electron chi connectivity index (χ2n) is 5.46. The molecule has 5 nitrogen and oxygen atoms in total. The number of nitrogens with one attached hydrogen (secondary N) is 1. The molecule has 1 saturated heterocycles. The van der Waals surface area contributed by atoms with Crippen LogP contribution >= 0.6 is 0 Å². The van der Waals surface area contributed by atoms with Crippen LogP contribution in [0, 0.1) is 0 Å². The third-order valence-electron chi connectivity index (χ3n) is 3.46. The summed E-state index contributed by atoms with van der Waals surface area (Å²) < 4.78 is 5.85. The Bertz CT molecular complexity index is 378. The minimum atomic E-state index is -0.631. The van der Waals surface area contributed by atoms with Gasteiger partial charge in [0.15, 0.2) is 0 Å². The molecule has 2 N–H and O–H groups in total. The van der Waals surface area contributed by atoms with E-state index in [0.29, 0.717) is 12.3 Å². The fraction of sp³-hybridized carbons (Fsp3) is 0.643. The normalized spacial score (nSPS) is 19.1. The molecular weight excluding hydrogens is 242 g/mol. The van der Waals surface area contributed by atoms with Crippen LogP contribution in [0.3, 0.4) is 0 Å². The summed E-state index contributed by atoms with van der Waals surface area (Å²) in [6.45, 7) is 8.36. The molecule has 1 aliphatic rings. The number of piperazine rings is 1. The Hall–Kier alpha value is -1.17. The third kappa shape index (κ3) is 4.16. The number of ether oxygens (including phenoxy) is 1. The Labute approximate surface area is 114 Å². The van der Waals surface area contributed by atoms with Gasteiger partial charge in [-0.25, -0.2) is 0 Å². The highest BCUT2D eigenvalue weighted by Crippen LogP contribution is 2.20. The highest BCUT2D eigenvalue weighted by molar-refractivity contribution is 5.17. The van der Waals surface area contributed by atoms with Gasteiger partial charge in [0.05, 0.1) is 6.20 Å². The van der Waals surface area contributed by atoms with Gasteiger partial charge in [0.2, 0.25) is 0 Å². The number of rotatable bonds is 5. The number of nitrogens with zero attached hydrogens (tertiary/aromatic N) is 2. The van der Waals surface area contributed by atoms with Crippen molar-refractivity contribution in [3.63, 3.8) is 0 Å². The molecule has 1 unspecified atom stereocenters. The fourth-order valence-electron chi connectivity index (χ4n) is 2.14. The van der Waals surface area contributed by atoms with Crippen LogP contribution < -0.4 is 10.1 Å². The lowest BCUT2D eigenvalue weighted by molar-refractivity contribution is -0.0457. The predicted molar refractivity (Wildman–Crippen MR) is 74.3 cm³/mol. The molecule has 106 valence electrons. The van der Waals surface area contributed by atoms with E-state index in [2.05, 4.69) is 15.2 Å². The van der Waals surface area contributed by atoms with Crippen LogP contribution in [0.15, 0.2) is 24.5 Å². The maximum Gasteiger partial charge on any atom is 0.138 e. The number of aliphatic hydroxyl groups excluding tert-OH is 1. The Morgan fingerprint density at radius 1 is 1.47 bits per heavy atom. The van der Waals surface area contributed by atoms with Gasteiger partial charge in [0.25, 0.3) is 0 Å². The van der Waals surface area contributed by atoms with Crippen LogP contribution in [0.25, 0.3) is 0 Å². The zero-order chi connectivity index (χ0) is 13.7. The number of pyridine rings is 1. The predicted octanol–water partition coefficient (Wildman–Crippen LogP) is 0.505. The molecule has 1 atom stereocenters. The van der Waals surface area contributed by atoms with Gasteiger partial charge < -0.3 is 15.2 Å². The summed E-state index contributed by atoms with van der Waals surface area (Å²) >= 11 is 0. The van der Waals surface area contributed by atoms with Crippen molar-refractivity contribution in [3.8, 4) is 5.75 Å². The molecule has 5 heteroatoms. The molecule has 0 radical (unpaired) electrons. The van der Waals surface area contributed by atoms with E-state index < -0.39 is 11.7 Å². The maximum absolute atomic E-state index is 10.4. The van der Waals surface area contributed by atoms with Gasteiger partial charge in [-0.15, -0.1) is 0 Å². The molecular formula is C14H23N3O2. The number of β-amino-alcohol motifs (C(OH)–C–C–N with tert-alkyl or cyclic N) is 1. The lowest BCUT2D eigenvalue weighted by Gasteiger charge is -2.36. The largest absolute Gasteiger partial charge is 0.483 e. The van der Waals surface area contributed by atoms with Crippen molar-refractivity contribution in [2.75, 3.05) is 32.7 Å². The van der Waals surface area contributed by atoms with E-state index in [1.165, 1.54) is 0 Å². The lowest BCUT2D eigenvalue weighted by Crippen LogP contribution is -2.52. The number of hydrogen-bond acceptors (Lipinski definition) is 5. The van der Waals surface area contributed by atoms with E-state index in [1.54, 1.807) is 12.4 Å². The SMILES string of the molecule is CC(C)(Oc1cccnc1)C(O)CN1CCNCC1. The number of aliphatic hydroxyl groups is 1. The Balaban J connectivity index is 1.90. The highest BCUT2D eigenvalue weighted by Gasteiger charge is 2.31. The Kier molecular flexibility index (Phi) is 4.74. The Morgan fingerprint density at radius 3 is 2.84 bits per heavy atom. The smallest absolute Gasteiger partial charge is 0.138 e. The quantitative estimate of drug-likeness (QED) is 0.812. The van der Waals surface area contributed by atoms with Crippen LogP contribution in [-0.4, -0.2) is 59.4 Å². The lowest BCUT2D eigenvalue weighted by atomic mass is 10.0. The van der Waals surface area contributed by atoms with Crippen LogP contribution in [0.2, 0.25) is 0 Å². The molecule has 1 aliphatic heterocycles. The summed E-state index contributed by atoms with van der Waals surface area (Å²) in [6, 6.07) is 3.68. The molecule has 0 saturated carbocycles. The van der Waals surface area contributed by atoms with E-state index in [0.717, 1.165) is 26.2 Å². The summed E-state index contributed by atoms with van der Waals surface area (Å²) in [5.41, 5.74) is -0.631. The van der Waals surface area contributed by atoms with Gasteiger partial charge in [-0.3, -0.25) is 9.88 Å². The molecule has 0 amide bonds. The molecule has 2 heterocycles. The van der Waals surface area contributed by atoms with Crippen molar-refractivity contribution in [2.24, 2.45) is 0 Å². The summed E-state index contributed by atoms with van der Waals surface area (Å²) in [5, 5.41) is 13.7. The van der Waals surface area contributed by atoms with Gasteiger partial charge in [-0.2, -0.15) is 0 Å². The van der Waals surface area contributed by atoms with Gasteiger partial charge in [-0.05, 0) is 26.0 Å². The van der Waals surface area contributed by atoms with E-state index in [-0.39, 0.29) is 0 Å². The van der Waals surface area contributed by atoms with Crippen molar-refractivity contribution in [3.05, 3.63) is 24.5 Å². The van der Waals surface area contributed by atoms with Gasteiger partial charge in [0, 0.05) is 38.9 Å². The average molecular weight is 265 g/mol. The molecule has 19 heavy (non-hydrogen) atoms. The van der Waals surface area contributed by atoms with E-state index >= 15 is 0 Å². The van der Waals surface area contributed by atoms with Crippen molar-refractivity contribution in [1.29, 1.82) is 0 Å². The first-order valence-corrected chi connectivity index (χ1v) is 6.78. The molecule has 1 fully saturated rings. The molecule has 0 bridgehead atoms. The highest BCUT2D eigenvalue weighted by atomic mass is 16.5. The minimum Gasteiger partial charge on any atom is -0.483 e. The van der Waals surface area contributed by atoms with Crippen LogP contribution in [0.1, 0.15) is 13.8 Å². The fourth-order valence-corrected chi connectivity index (χ4v) is 2.14. The summed E-state index contributed by atoms with van der Waals surface area (Å²) in [6.07, 6.45) is 2.84. The average Bonchev–Trinajstić information content (AvgIpc) is 2.40. The van der Waals surface area contributed by atoms with E-state index in [1.807, 2.05) is 26.0 Å². The molecule has 0 aliphatic carbocycles. The van der Waals surface area contributed by atoms with Crippen molar-refractivity contribution in [2.45, 2.75) is 25.6 Å². The van der Waals surface area contributed by atoms with Gasteiger partial charge in [-0.1, -0.05) is 0 Å². The first-order valence-electron chi connectivity index (χ1n) is 6.78. The summed E-state index contributed by atoms with van der Waals surface area (Å²) in [4.78, 5) is 6.28. The molecule has 1 aromatic heterocycles. The zero-order valence-electron chi connectivity index (χ0n) is 11.7. The molecule has 0 aromatic carbocycles. The van der Waals surface area contributed by atoms with Crippen molar-refractivity contribution < 1.29 is 9.84 Å². The first-order chi connectivity index (χ1) is 9.08. The van der Waals surface area contributed by atoms with Crippen LogP contribution in [-0.2, 0) is 0 Å². The standard InChI is InChI=1S/C14H23N3O2/c1-14(2,19-12-4-3-5-16-10-12)13(18)11-17-8-6-15-7-9-17/h3-5,10,13,15,18H,6-9,11H2,1-2H3. The van der Waals surface area contributed by atoms with Crippen LogP contribution in [0.5, 0.6) is 5.75 Å².